The maximum absolute atomic E-state index is 12.8. The third-order valence-corrected chi connectivity index (χ3v) is 5.56. The molecule has 10 heteroatoms. The van der Waals surface area contributed by atoms with E-state index in [0.717, 1.165) is 17.7 Å². The Hall–Kier alpha value is -3.53. The van der Waals surface area contributed by atoms with Gasteiger partial charge in [0.15, 0.2) is 11.5 Å². The van der Waals surface area contributed by atoms with Gasteiger partial charge in [0.25, 0.3) is 5.56 Å². The highest BCUT2D eigenvalue weighted by Crippen LogP contribution is 2.38. The largest absolute Gasteiger partial charge is 0.504 e. The van der Waals surface area contributed by atoms with Gasteiger partial charge in [0, 0.05) is 31.6 Å². The first-order chi connectivity index (χ1) is 15.7. The zero-order valence-corrected chi connectivity index (χ0v) is 18.0. The van der Waals surface area contributed by atoms with Gasteiger partial charge in [0.2, 0.25) is 5.75 Å². The summed E-state index contributed by atoms with van der Waals surface area (Å²) in [4.78, 5) is 22.0. The number of fused-ring (bicyclic) bond motifs is 1. The van der Waals surface area contributed by atoms with E-state index in [1.54, 1.807) is 12.1 Å². The van der Waals surface area contributed by atoms with Gasteiger partial charge in [-0.15, -0.1) is 0 Å². The molecule has 0 fully saturated rings. The number of hydrogen-bond donors (Lipinski definition) is 2. The van der Waals surface area contributed by atoms with Crippen LogP contribution in [0.25, 0.3) is 11.4 Å². The normalized spacial score (nSPS) is 14.1. The summed E-state index contributed by atoms with van der Waals surface area (Å²) < 4.78 is 48.8. The lowest BCUT2D eigenvalue weighted by Gasteiger charge is -2.28. The number of nitrogens with zero attached hydrogens (tertiary/aromatic N) is 2. The molecule has 0 spiro atoms. The molecule has 2 N–H and O–H groups in total. The highest BCUT2D eigenvalue weighted by atomic mass is 19.4. The van der Waals surface area contributed by atoms with Crippen molar-refractivity contribution in [2.24, 2.45) is 0 Å². The number of aromatic hydroxyl groups is 1. The van der Waals surface area contributed by atoms with E-state index in [-0.39, 0.29) is 22.9 Å². The Bertz CT molecular complexity index is 1220. The van der Waals surface area contributed by atoms with E-state index in [2.05, 4.69) is 9.97 Å². The molecule has 1 aromatic heterocycles. The second kappa shape index (κ2) is 8.78. The number of nitrogens with one attached hydrogen (secondary N) is 1. The Balaban J connectivity index is 1.55. The van der Waals surface area contributed by atoms with Crippen LogP contribution in [0.1, 0.15) is 22.4 Å². The average molecular weight is 461 g/mol. The van der Waals surface area contributed by atoms with Crippen molar-refractivity contribution in [2.45, 2.75) is 25.7 Å². The lowest BCUT2D eigenvalue weighted by atomic mass is 10.0. The number of aromatic amines is 1. The lowest BCUT2D eigenvalue weighted by molar-refractivity contribution is -0.137. The Morgan fingerprint density at radius 1 is 1.15 bits per heavy atom. The minimum atomic E-state index is -4.43. The lowest BCUT2D eigenvalue weighted by Crippen LogP contribution is -2.35. The molecule has 0 saturated heterocycles. The molecule has 0 atom stereocenters. The summed E-state index contributed by atoms with van der Waals surface area (Å²) in [6.07, 6.45) is -3.92. The summed E-state index contributed by atoms with van der Waals surface area (Å²) >= 11 is 0. The van der Waals surface area contributed by atoms with Crippen LogP contribution in [0.5, 0.6) is 17.2 Å². The number of aromatic nitrogens is 2. The molecule has 0 saturated carbocycles. The van der Waals surface area contributed by atoms with Gasteiger partial charge in [-0.2, -0.15) is 13.2 Å². The topological polar surface area (TPSA) is 87.7 Å². The van der Waals surface area contributed by atoms with E-state index in [4.69, 9.17) is 9.47 Å². The van der Waals surface area contributed by atoms with Crippen LogP contribution in [0.2, 0.25) is 0 Å². The predicted octanol–water partition coefficient (Wildman–Crippen LogP) is 3.74. The first kappa shape index (κ1) is 22.7. The fourth-order valence-corrected chi connectivity index (χ4v) is 3.92. The van der Waals surface area contributed by atoms with E-state index in [1.807, 2.05) is 4.90 Å². The molecule has 2 aromatic carbocycles. The van der Waals surface area contributed by atoms with Crippen molar-refractivity contribution in [2.75, 3.05) is 20.8 Å². The molecule has 2 heterocycles. The summed E-state index contributed by atoms with van der Waals surface area (Å²) in [5, 5.41) is 10.2. The van der Waals surface area contributed by atoms with Crippen molar-refractivity contribution in [1.29, 1.82) is 0 Å². The summed E-state index contributed by atoms with van der Waals surface area (Å²) in [6.45, 7) is 1.43. The molecule has 0 aliphatic carbocycles. The van der Waals surface area contributed by atoms with Crippen molar-refractivity contribution in [3.05, 3.63) is 69.1 Å². The van der Waals surface area contributed by atoms with Gasteiger partial charge >= 0.3 is 6.18 Å². The SMILES string of the molecule is COc1cc(CN2CCc3nc(-c4ccc(C(F)(F)F)cc4)[nH]c(=O)c3C2)cc(O)c1OC. The maximum Gasteiger partial charge on any atom is 0.416 e. The van der Waals surface area contributed by atoms with E-state index in [0.29, 0.717) is 48.6 Å². The van der Waals surface area contributed by atoms with Crippen molar-refractivity contribution >= 4 is 0 Å². The monoisotopic (exact) mass is 461 g/mol. The number of H-pyrrole nitrogens is 1. The molecule has 0 amide bonds. The van der Waals surface area contributed by atoms with Gasteiger partial charge in [-0.25, -0.2) is 4.98 Å². The number of phenols is 1. The molecule has 1 aliphatic rings. The third-order valence-electron chi connectivity index (χ3n) is 5.56. The van der Waals surface area contributed by atoms with Crippen LogP contribution in [-0.2, 0) is 25.7 Å². The average Bonchev–Trinajstić information content (AvgIpc) is 2.78. The first-order valence-electron chi connectivity index (χ1n) is 10.2. The Morgan fingerprint density at radius 3 is 2.52 bits per heavy atom. The van der Waals surface area contributed by atoms with E-state index in [9.17, 15) is 23.1 Å². The number of ether oxygens (including phenoxy) is 2. The molecule has 174 valence electrons. The quantitative estimate of drug-likeness (QED) is 0.602. The molecule has 4 rings (SSSR count). The predicted molar refractivity (Wildman–Crippen MR) is 114 cm³/mol. The van der Waals surface area contributed by atoms with Crippen LogP contribution in [0, 0.1) is 0 Å². The molecule has 0 unspecified atom stereocenters. The van der Waals surface area contributed by atoms with Gasteiger partial charge in [-0.1, -0.05) is 12.1 Å². The third kappa shape index (κ3) is 4.65. The fourth-order valence-electron chi connectivity index (χ4n) is 3.92. The number of alkyl halides is 3. The number of methoxy groups -OCH3 is 2. The van der Waals surface area contributed by atoms with Crippen molar-refractivity contribution in [1.82, 2.24) is 14.9 Å². The zero-order chi connectivity index (χ0) is 23.8. The molecular formula is C23H22F3N3O4. The first-order valence-corrected chi connectivity index (χ1v) is 10.2. The molecular weight excluding hydrogens is 439 g/mol. The maximum atomic E-state index is 12.8. The second-order valence-electron chi connectivity index (χ2n) is 7.73. The fraction of sp³-hybridized carbons (Fsp3) is 0.304. The highest BCUT2D eigenvalue weighted by Gasteiger charge is 2.30. The van der Waals surface area contributed by atoms with Crippen molar-refractivity contribution in [3.8, 4) is 28.6 Å². The molecule has 1 aliphatic heterocycles. The van der Waals surface area contributed by atoms with Crippen LogP contribution < -0.4 is 15.0 Å². The Kier molecular flexibility index (Phi) is 6.03. The minimum Gasteiger partial charge on any atom is -0.504 e. The smallest absolute Gasteiger partial charge is 0.416 e. The minimum absolute atomic E-state index is 0.0371. The summed E-state index contributed by atoms with van der Waals surface area (Å²) in [5.74, 6) is 0.864. The zero-order valence-electron chi connectivity index (χ0n) is 18.0. The number of benzene rings is 2. The van der Waals surface area contributed by atoms with Gasteiger partial charge in [-0.3, -0.25) is 9.69 Å². The number of hydrogen-bond acceptors (Lipinski definition) is 6. The number of rotatable bonds is 5. The van der Waals surface area contributed by atoms with E-state index in [1.165, 1.54) is 26.4 Å². The van der Waals surface area contributed by atoms with E-state index >= 15 is 0 Å². The summed E-state index contributed by atoms with van der Waals surface area (Å²) in [6, 6.07) is 7.89. The van der Waals surface area contributed by atoms with Crippen molar-refractivity contribution < 1.29 is 27.8 Å². The van der Waals surface area contributed by atoms with Crippen LogP contribution in [0.15, 0.2) is 41.2 Å². The highest BCUT2D eigenvalue weighted by molar-refractivity contribution is 5.56. The molecule has 0 bridgehead atoms. The van der Waals surface area contributed by atoms with Crippen molar-refractivity contribution in [3.63, 3.8) is 0 Å². The summed E-state index contributed by atoms with van der Waals surface area (Å²) in [7, 11) is 2.93. The number of halogens is 3. The van der Waals surface area contributed by atoms with Crippen LogP contribution in [-0.4, -0.2) is 40.7 Å². The van der Waals surface area contributed by atoms with Gasteiger partial charge < -0.3 is 19.6 Å². The Morgan fingerprint density at radius 2 is 1.88 bits per heavy atom. The van der Waals surface area contributed by atoms with Gasteiger partial charge in [0.05, 0.1) is 31.0 Å². The van der Waals surface area contributed by atoms with Gasteiger partial charge in [0.1, 0.15) is 5.82 Å². The van der Waals surface area contributed by atoms with Gasteiger partial charge in [-0.05, 0) is 29.8 Å². The standard InChI is InChI=1S/C23H22F3N3O4/c1-32-19-10-13(9-18(30)20(19)33-2)11-29-8-7-17-16(12-29)22(31)28-21(27-17)14-3-5-15(6-4-14)23(24,25)26/h3-6,9-10,30H,7-8,11-12H2,1-2H3,(H,27,28,31). The molecule has 3 aromatic rings. The summed E-state index contributed by atoms with van der Waals surface area (Å²) in [5.41, 5.74) is 1.25. The van der Waals surface area contributed by atoms with Crippen LogP contribution in [0.4, 0.5) is 13.2 Å². The Labute approximate surface area is 187 Å². The number of phenolic OH excluding ortho intramolecular Hbond substituents is 1. The van der Waals surface area contributed by atoms with Crippen LogP contribution in [0.3, 0.4) is 0 Å². The molecule has 33 heavy (non-hydrogen) atoms. The van der Waals surface area contributed by atoms with Crippen LogP contribution >= 0.6 is 0 Å². The van der Waals surface area contributed by atoms with E-state index < -0.39 is 11.7 Å². The molecule has 0 radical (unpaired) electrons. The molecule has 7 nitrogen and oxygen atoms in total. The second-order valence-corrected chi connectivity index (χ2v) is 7.73.